The highest BCUT2D eigenvalue weighted by molar-refractivity contribution is 5.98. The van der Waals surface area contributed by atoms with E-state index in [0.29, 0.717) is 0 Å². The van der Waals surface area contributed by atoms with Crippen LogP contribution >= 0.6 is 0 Å². The van der Waals surface area contributed by atoms with Gasteiger partial charge in [-0.2, -0.15) is 0 Å². The monoisotopic (exact) mass is 633 g/mol. The van der Waals surface area contributed by atoms with Crippen molar-refractivity contribution in [1.29, 1.82) is 0 Å². The molecule has 9 heteroatoms. The lowest BCUT2D eigenvalue weighted by Crippen LogP contribution is -2.58. The molecule has 0 aromatic heterocycles. The number of hydrogen-bond acceptors (Lipinski definition) is 6. The Balaban J connectivity index is 1.34. The number of Topliss-reactive ketones (excluding diaryl/α,β-unsaturated/α-hetero) is 1. The first kappa shape index (κ1) is 33.1. The van der Waals surface area contributed by atoms with Gasteiger partial charge in [0.1, 0.15) is 24.3 Å². The van der Waals surface area contributed by atoms with E-state index in [2.05, 4.69) is 16.0 Å². The molecule has 1 heterocycles. The van der Waals surface area contributed by atoms with Crippen LogP contribution in [0.3, 0.4) is 0 Å². The zero-order valence-electron chi connectivity index (χ0n) is 26.3. The summed E-state index contributed by atoms with van der Waals surface area (Å²) in [6.45, 7) is 2.02. The Bertz CT molecular complexity index is 1630. The molecule has 242 valence electrons. The molecule has 0 spiro atoms. The van der Waals surface area contributed by atoms with E-state index in [4.69, 9.17) is 9.47 Å². The summed E-state index contributed by atoms with van der Waals surface area (Å²) in [5.74, 6) is -1.32. The van der Waals surface area contributed by atoms with Crippen LogP contribution in [0.2, 0.25) is 0 Å². The SMILES string of the molecule is CC1(C(=O)C(Cc2ccccc2)NC(=O)C(Cc2ccccc2)NC(=O)[C@@H](Cc2ccccc2)NC(=O)OCc2ccccc2)CO1. The molecule has 0 aliphatic carbocycles. The molecule has 1 aliphatic heterocycles. The highest BCUT2D eigenvalue weighted by Gasteiger charge is 2.50. The summed E-state index contributed by atoms with van der Waals surface area (Å²) in [4.78, 5) is 54.2. The lowest BCUT2D eigenvalue weighted by atomic mass is 9.94. The summed E-state index contributed by atoms with van der Waals surface area (Å²) in [6.07, 6.45) is -0.172. The molecule has 3 amide bonds. The second-order valence-electron chi connectivity index (χ2n) is 11.8. The number of ether oxygens (including phenoxy) is 2. The normalized spacial score (nSPS) is 17.0. The van der Waals surface area contributed by atoms with Gasteiger partial charge >= 0.3 is 6.09 Å². The number of carbonyl (C=O) groups excluding carboxylic acids is 4. The van der Waals surface area contributed by atoms with Crippen molar-refractivity contribution >= 4 is 23.7 Å². The molecular formula is C38H39N3O6. The van der Waals surface area contributed by atoms with Crippen molar-refractivity contribution in [2.75, 3.05) is 6.61 Å². The number of ketones is 1. The first-order chi connectivity index (χ1) is 22.8. The van der Waals surface area contributed by atoms with Crippen LogP contribution in [0.1, 0.15) is 29.2 Å². The van der Waals surface area contributed by atoms with E-state index in [1.54, 1.807) is 6.92 Å². The number of carbonyl (C=O) groups is 4. The number of epoxide rings is 1. The van der Waals surface area contributed by atoms with E-state index in [9.17, 15) is 19.2 Å². The van der Waals surface area contributed by atoms with Gasteiger partial charge in [-0.05, 0) is 35.6 Å². The predicted molar refractivity (Wildman–Crippen MR) is 177 cm³/mol. The number of rotatable bonds is 15. The standard InChI is InChI=1S/C38H39N3O6/c1-38(26-47-38)34(42)31(22-27-14-6-2-7-15-27)39-35(43)32(23-28-16-8-3-9-17-28)40-36(44)33(24-29-18-10-4-11-19-29)41-37(45)46-25-30-20-12-5-13-21-30/h2-21,31-33H,22-26H2,1H3,(H,39,43)(H,40,44)(H,41,45)/t31?,32?,33-,38?/m1/s1. The molecule has 5 rings (SSSR count). The van der Waals surface area contributed by atoms with E-state index in [0.717, 1.165) is 22.3 Å². The maximum atomic E-state index is 14.0. The van der Waals surface area contributed by atoms with E-state index in [-0.39, 0.29) is 38.3 Å². The maximum Gasteiger partial charge on any atom is 0.408 e. The quantitative estimate of drug-likeness (QED) is 0.167. The van der Waals surface area contributed by atoms with Crippen molar-refractivity contribution in [2.45, 2.75) is 56.5 Å². The van der Waals surface area contributed by atoms with Crippen LogP contribution < -0.4 is 16.0 Å². The van der Waals surface area contributed by atoms with Crippen LogP contribution in [0.15, 0.2) is 121 Å². The van der Waals surface area contributed by atoms with Gasteiger partial charge in [0.25, 0.3) is 0 Å². The van der Waals surface area contributed by atoms with Crippen LogP contribution in [0, 0.1) is 0 Å². The van der Waals surface area contributed by atoms with Crippen molar-refractivity contribution in [2.24, 2.45) is 0 Å². The van der Waals surface area contributed by atoms with E-state index in [1.807, 2.05) is 121 Å². The third-order valence-corrected chi connectivity index (χ3v) is 8.03. The largest absolute Gasteiger partial charge is 0.445 e. The molecule has 3 unspecified atom stereocenters. The first-order valence-electron chi connectivity index (χ1n) is 15.7. The fourth-order valence-electron chi connectivity index (χ4n) is 5.25. The Labute approximate surface area is 274 Å². The fourth-order valence-corrected chi connectivity index (χ4v) is 5.25. The Kier molecular flexibility index (Phi) is 11.1. The summed E-state index contributed by atoms with van der Waals surface area (Å²) < 4.78 is 10.8. The fraction of sp³-hybridized carbons (Fsp3) is 0.263. The molecule has 0 radical (unpaired) electrons. The molecule has 0 bridgehead atoms. The van der Waals surface area contributed by atoms with Crippen LogP contribution in [-0.2, 0) is 49.7 Å². The topological polar surface area (TPSA) is 126 Å². The molecule has 1 fully saturated rings. The Hall–Kier alpha value is -5.28. The summed E-state index contributed by atoms with van der Waals surface area (Å²) >= 11 is 0. The van der Waals surface area contributed by atoms with Crippen molar-refractivity contribution in [3.63, 3.8) is 0 Å². The van der Waals surface area contributed by atoms with Gasteiger partial charge in [-0.3, -0.25) is 14.4 Å². The third-order valence-electron chi connectivity index (χ3n) is 8.03. The number of nitrogens with one attached hydrogen (secondary N) is 3. The van der Waals surface area contributed by atoms with Crippen LogP contribution in [0.25, 0.3) is 0 Å². The lowest BCUT2D eigenvalue weighted by molar-refractivity contribution is -0.133. The van der Waals surface area contributed by atoms with E-state index < -0.39 is 41.6 Å². The molecule has 47 heavy (non-hydrogen) atoms. The minimum absolute atomic E-state index is 0.0326. The average molecular weight is 634 g/mol. The Morgan fingerprint density at radius 1 is 0.596 bits per heavy atom. The van der Waals surface area contributed by atoms with Gasteiger partial charge in [-0.15, -0.1) is 0 Å². The van der Waals surface area contributed by atoms with Crippen LogP contribution in [0.5, 0.6) is 0 Å². The van der Waals surface area contributed by atoms with E-state index in [1.165, 1.54) is 0 Å². The van der Waals surface area contributed by atoms with Crippen molar-refractivity contribution in [1.82, 2.24) is 16.0 Å². The zero-order chi connectivity index (χ0) is 33.1. The molecule has 3 N–H and O–H groups in total. The highest BCUT2D eigenvalue weighted by Crippen LogP contribution is 2.29. The molecule has 1 saturated heterocycles. The number of alkyl carbamates (subject to hydrolysis) is 1. The molecule has 1 aliphatic rings. The van der Waals surface area contributed by atoms with Gasteiger partial charge in [0.05, 0.1) is 12.6 Å². The van der Waals surface area contributed by atoms with Crippen molar-refractivity contribution in [3.05, 3.63) is 144 Å². The van der Waals surface area contributed by atoms with Gasteiger partial charge < -0.3 is 25.4 Å². The van der Waals surface area contributed by atoms with Crippen LogP contribution in [-0.4, -0.2) is 54.0 Å². The molecule has 4 aromatic rings. The lowest BCUT2D eigenvalue weighted by Gasteiger charge is -2.26. The predicted octanol–water partition coefficient (Wildman–Crippen LogP) is 4.34. The van der Waals surface area contributed by atoms with Gasteiger partial charge in [0.2, 0.25) is 11.8 Å². The molecule has 9 nitrogen and oxygen atoms in total. The summed E-state index contributed by atoms with van der Waals surface area (Å²) in [5, 5.41) is 8.46. The second kappa shape index (κ2) is 15.8. The minimum Gasteiger partial charge on any atom is -0.445 e. The third kappa shape index (κ3) is 9.85. The second-order valence-corrected chi connectivity index (χ2v) is 11.8. The molecular weight excluding hydrogens is 594 g/mol. The average Bonchev–Trinajstić information content (AvgIpc) is 3.86. The van der Waals surface area contributed by atoms with E-state index >= 15 is 0 Å². The smallest absolute Gasteiger partial charge is 0.408 e. The number of hydrogen-bond donors (Lipinski definition) is 3. The molecule has 4 aromatic carbocycles. The molecule has 0 saturated carbocycles. The summed E-state index contributed by atoms with van der Waals surface area (Å²) in [5.41, 5.74) is 2.34. The van der Waals surface area contributed by atoms with Gasteiger partial charge in [-0.25, -0.2) is 4.79 Å². The Morgan fingerprint density at radius 2 is 0.957 bits per heavy atom. The number of benzene rings is 4. The Morgan fingerprint density at radius 3 is 1.38 bits per heavy atom. The molecule has 4 atom stereocenters. The van der Waals surface area contributed by atoms with Gasteiger partial charge in [0, 0.05) is 12.8 Å². The van der Waals surface area contributed by atoms with Gasteiger partial charge in [-0.1, -0.05) is 121 Å². The number of amides is 3. The first-order valence-corrected chi connectivity index (χ1v) is 15.7. The summed E-state index contributed by atoms with van der Waals surface area (Å²) in [7, 11) is 0. The van der Waals surface area contributed by atoms with Crippen LogP contribution in [0.4, 0.5) is 4.79 Å². The highest BCUT2D eigenvalue weighted by atomic mass is 16.6. The van der Waals surface area contributed by atoms with Gasteiger partial charge in [0.15, 0.2) is 5.78 Å². The maximum absolute atomic E-state index is 14.0. The van der Waals surface area contributed by atoms with Crippen molar-refractivity contribution in [3.8, 4) is 0 Å². The zero-order valence-corrected chi connectivity index (χ0v) is 26.3. The summed E-state index contributed by atoms with van der Waals surface area (Å²) in [6, 6.07) is 34.2. The minimum atomic E-state index is -1.05. The van der Waals surface area contributed by atoms with Crippen molar-refractivity contribution < 1.29 is 28.7 Å².